The third kappa shape index (κ3) is 6.80. The summed E-state index contributed by atoms with van der Waals surface area (Å²) in [5, 5.41) is 39.3. The number of rotatable bonds is 8. The molecule has 0 spiro atoms. The van der Waals surface area contributed by atoms with Gasteiger partial charge in [-0.25, -0.2) is 0 Å². The molecule has 0 fully saturated rings. The molecule has 0 amide bonds. The van der Waals surface area contributed by atoms with E-state index in [4.69, 9.17) is 19.8 Å². The molecule has 0 heterocycles. The maximum absolute atomic E-state index is 8.89. The molecule has 0 atom stereocenters. The molecule has 0 saturated carbocycles. The van der Waals surface area contributed by atoms with Gasteiger partial charge in [-0.1, -0.05) is 109 Å². The summed E-state index contributed by atoms with van der Waals surface area (Å²) in [6, 6.07) is 40.9. The van der Waals surface area contributed by atoms with Crippen LogP contribution in [-0.4, -0.2) is 25.0 Å². The minimum Gasteiger partial charge on any atom is -0.550 e. The molecule has 0 unspecified atom stereocenters. The Balaban J connectivity index is 0.000000438. The molecule has 0 aliphatic rings. The van der Waals surface area contributed by atoms with Crippen LogP contribution in [0.2, 0.25) is 0 Å². The van der Waals surface area contributed by atoms with Crippen molar-refractivity contribution in [3.05, 3.63) is 120 Å². The highest BCUT2D eigenvalue weighted by Gasteiger charge is 2.13. The molecule has 0 bridgehead atoms. The lowest BCUT2D eigenvalue weighted by molar-refractivity contribution is -0.695. The topological polar surface area (TPSA) is 113 Å². The van der Waals surface area contributed by atoms with Crippen LogP contribution in [0.1, 0.15) is 31.4 Å². The Hall–Kier alpha value is -5.30. The molecule has 6 nitrogen and oxygen atoms in total. The summed E-state index contributed by atoms with van der Waals surface area (Å²) in [4.78, 5) is 17.8. The van der Waals surface area contributed by atoms with Gasteiger partial charge in [-0.3, -0.25) is 0 Å². The van der Waals surface area contributed by atoms with Crippen LogP contribution in [0.15, 0.2) is 109 Å². The largest absolute Gasteiger partial charge is 0.550 e. The fourth-order valence-corrected chi connectivity index (χ4v) is 6.87. The van der Waals surface area contributed by atoms with Gasteiger partial charge < -0.3 is 30.4 Å². The molecule has 236 valence electrons. The van der Waals surface area contributed by atoms with E-state index in [2.05, 4.69) is 120 Å². The Labute approximate surface area is 273 Å². The normalized spacial score (nSPS) is 11.3. The number of hydrogen-bond donors (Lipinski definition) is 2. The maximum Gasteiger partial charge on any atom is 0.102 e. The van der Waals surface area contributed by atoms with Crippen molar-refractivity contribution < 1.29 is 30.4 Å². The number of carboxylic acid groups (broad SMARTS) is 2. The number of quaternary nitrogens is 2. The summed E-state index contributed by atoms with van der Waals surface area (Å²) in [5.74, 6) is -2.17. The van der Waals surface area contributed by atoms with E-state index in [0.717, 1.165) is 40.0 Å². The van der Waals surface area contributed by atoms with Gasteiger partial charge in [0.15, 0.2) is 0 Å². The summed E-state index contributed by atoms with van der Waals surface area (Å²) in [6.07, 6.45) is 1.21. The summed E-state index contributed by atoms with van der Waals surface area (Å²) in [6.45, 7) is 6.31. The van der Waals surface area contributed by atoms with Gasteiger partial charge >= 0.3 is 0 Å². The number of carbonyl (C=O) groups is 2. The number of nitrogens with two attached hydrogens (primary N) is 2. The predicted molar refractivity (Wildman–Crippen MR) is 187 cm³/mol. The molecule has 0 radical (unpaired) electrons. The molecule has 0 aromatic heterocycles. The zero-order valence-corrected chi connectivity index (χ0v) is 26.7. The fourth-order valence-electron chi connectivity index (χ4n) is 6.87. The van der Waals surface area contributed by atoms with Crippen LogP contribution in [0.5, 0.6) is 0 Å². The van der Waals surface area contributed by atoms with Crippen LogP contribution in [0.3, 0.4) is 0 Å². The van der Waals surface area contributed by atoms with Gasteiger partial charge in [0, 0.05) is 29.5 Å². The Morgan fingerprint density at radius 3 is 1.13 bits per heavy atom. The van der Waals surface area contributed by atoms with Gasteiger partial charge in [-0.2, -0.15) is 0 Å². The number of benzene rings is 8. The minimum absolute atomic E-state index is 0.972. The fraction of sp³-hybridized carbons (Fsp3) is 0.171. The van der Waals surface area contributed by atoms with Crippen LogP contribution in [0.25, 0.3) is 64.6 Å². The average Bonchev–Trinajstić information content (AvgIpc) is 3.06. The lowest BCUT2D eigenvalue weighted by Crippen LogP contribution is -2.86. The maximum atomic E-state index is 8.89. The first-order valence-corrected chi connectivity index (χ1v) is 16.1. The zero-order valence-electron chi connectivity index (χ0n) is 26.7. The first-order chi connectivity index (χ1) is 22.8. The van der Waals surface area contributed by atoms with Crippen LogP contribution >= 0.6 is 0 Å². The number of aliphatic carboxylic acids is 2. The summed E-state index contributed by atoms with van der Waals surface area (Å²) in [7, 11) is 0. The summed E-state index contributed by atoms with van der Waals surface area (Å²) >= 11 is 0. The third-order valence-electron chi connectivity index (χ3n) is 8.78. The first kappa shape index (κ1) is 31.7. The van der Waals surface area contributed by atoms with Gasteiger partial charge in [0.05, 0.1) is 13.1 Å². The molecule has 47 heavy (non-hydrogen) atoms. The standard InChI is InChI=1S/C37H30N2.2C2H4O2/c1-4-24-8-10-28-12-14-30(32-18-16-26(6-1)34(24)36(28)32)22-38-20-3-21-39-23-31-15-13-29-11-9-25-5-2-7-27-17-19-33(31)37(29)35(25)27;2*1-2(3)4/h1-2,4-19,38-39H,3,20-23H2;2*1H3,(H,3,4). The highest BCUT2D eigenvalue weighted by molar-refractivity contribution is 6.24. The lowest BCUT2D eigenvalue weighted by Gasteiger charge is -2.13. The Morgan fingerprint density at radius 2 is 0.766 bits per heavy atom. The molecular weight excluding hydrogens is 584 g/mol. The second-order valence-corrected chi connectivity index (χ2v) is 12.1. The second-order valence-electron chi connectivity index (χ2n) is 12.1. The Bertz CT molecular complexity index is 2120. The van der Waals surface area contributed by atoms with Crippen molar-refractivity contribution in [1.82, 2.24) is 0 Å². The number of carbonyl (C=O) groups excluding carboxylic acids is 2. The molecule has 0 aliphatic heterocycles. The van der Waals surface area contributed by atoms with Crippen LogP contribution in [-0.2, 0) is 22.7 Å². The molecule has 8 rings (SSSR count). The predicted octanol–water partition coefficient (Wildman–Crippen LogP) is 4.21. The van der Waals surface area contributed by atoms with E-state index in [1.165, 1.54) is 82.2 Å². The van der Waals surface area contributed by atoms with Crippen molar-refractivity contribution >= 4 is 76.6 Å². The zero-order chi connectivity index (χ0) is 32.9. The smallest absolute Gasteiger partial charge is 0.102 e. The van der Waals surface area contributed by atoms with E-state index in [1.807, 2.05) is 0 Å². The third-order valence-corrected chi connectivity index (χ3v) is 8.78. The van der Waals surface area contributed by atoms with E-state index >= 15 is 0 Å². The van der Waals surface area contributed by atoms with E-state index in [1.54, 1.807) is 0 Å². The molecule has 4 N–H and O–H groups in total. The Kier molecular flexibility index (Phi) is 9.43. The molecule has 8 aromatic carbocycles. The first-order valence-electron chi connectivity index (χ1n) is 16.1. The van der Waals surface area contributed by atoms with Crippen molar-refractivity contribution in [1.29, 1.82) is 0 Å². The molecule has 0 aliphatic carbocycles. The van der Waals surface area contributed by atoms with Crippen molar-refractivity contribution in [2.45, 2.75) is 33.4 Å². The average molecular weight is 623 g/mol. The second kappa shape index (κ2) is 14.0. The van der Waals surface area contributed by atoms with Gasteiger partial charge in [0.1, 0.15) is 13.1 Å². The van der Waals surface area contributed by atoms with Gasteiger partial charge in [0.25, 0.3) is 0 Å². The quantitative estimate of drug-likeness (QED) is 0.195. The summed E-state index contributed by atoms with van der Waals surface area (Å²) < 4.78 is 0. The van der Waals surface area contributed by atoms with E-state index < -0.39 is 11.9 Å². The Morgan fingerprint density at radius 1 is 0.468 bits per heavy atom. The summed E-state index contributed by atoms with van der Waals surface area (Å²) in [5.41, 5.74) is 2.89. The van der Waals surface area contributed by atoms with Crippen molar-refractivity contribution in [3.8, 4) is 0 Å². The molecule has 6 heteroatoms. The molecular formula is C41H38N2O4. The highest BCUT2D eigenvalue weighted by atomic mass is 16.4. The van der Waals surface area contributed by atoms with Crippen molar-refractivity contribution in [3.63, 3.8) is 0 Å². The van der Waals surface area contributed by atoms with Gasteiger partial charge in [-0.05, 0) is 78.5 Å². The van der Waals surface area contributed by atoms with Crippen molar-refractivity contribution in [2.24, 2.45) is 0 Å². The van der Waals surface area contributed by atoms with Crippen molar-refractivity contribution in [2.75, 3.05) is 13.1 Å². The van der Waals surface area contributed by atoms with E-state index in [0.29, 0.717) is 0 Å². The van der Waals surface area contributed by atoms with Crippen LogP contribution in [0.4, 0.5) is 0 Å². The van der Waals surface area contributed by atoms with E-state index in [9.17, 15) is 0 Å². The molecule has 8 aromatic rings. The number of hydrogen-bond acceptors (Lipinski definition) is 4. The van der Waals surface area contributed by atoms with Gasteiger partial charge in [0.2, 0.25) is 0 Å². The van der Waals surface area contributed by atoms with Gasteiger partial charge in [-0.15, -0.1) is 0 Å². The minimum atomic E-state index is -1.08. The lowest BCUT2D eigenvalue weighted by atomic mass is 9.92. The van der Waals surface area contributed by atoms with Crippen LogP contribution in [0, 0.1) is 0 Å². The van der Waals surface area contributed by atoms with E-state index in [-0.39, 0.29) is 0 Å². The molecule has 0 saturated heterocycles. The monoisotopic (exact) mass is 622 g/mol. The highest BCUT2D eigenvalue weighted by Crippen LogP contribution is 2.37. The van der Waals surface area contributed by atoms with Crippen LogP contribution < -0.4 is 20.8 Å². The number of carboxylic acids is 2. The SMILES string of the molecule is CC(=O)[O-].CC(=O)[O-].c1cc2ccc3ccc(C[NH2+]CCC[NH2+]Cc4ccc5ccc6cccc7ccc4c5c67)c4ccc(c1)c2c34.